The number of quaternary nitrogens is 1. The van der Waals surface area contributed by atoms with Crippen LogP contribution < -0.4 is 5.32 Å². The summed E-state index contributed by atoms with van der Waals surface area (Å²) in [7, 11) is 0. The largest absolute Gasteiger partial charge is 0.346 e. The van der Waals surface area contributed by atoms with Crippen molar-refractivity contribution in [2.45, 2.75) is 32.1 Å². The van der Waals surface area contributed by atoms with Crippen molar-refractivity contribution in [3.63, 3.8) is 0 Å². The quantitative estimate of drug-likeness (QED) is 0.630. The molecule has 2 heterocycles. The molecule has 0 unspecified atom stereocenters. The standard InChI is InChI=1S/C11H20N2O/c14-11(10-5-4-6-12-9-10)13-7-2-1-3-8-13/h10,12H,1-9H2/p+1/t10-/m1/s1. The zero-order valence-electron chi connectivity index (χ0n) is 8.87. The first kappa shape index (κ1) is 9.97. The van der Waals surface area contributed by atoms with Gasteiger partial charge in [-0.25, -0.2) is 0 Å². The summed E-state index contributed by atoms with van der Waals surface area (Å²) in [4.78, 5) is 14.1. The molecule has 0 aromatic rings. The Morgan fingerprint density at radius 1 is 1.14 bits per heavy atom. The Labute approximate surface area is 85.8 Å². The van der Waals surface area contributed by atoms with Crippen molar-refractivity contribution < 1.29 is 10.1 Å². The van der Waals surface area contributed by atoms with Gasteiger partial charge in [0.05, 0.1) is 19.0 Å². The van der Waals surface area contributed by atoms with Gasteiger partial charge in [-0.1, -0.05) is 0 Å². The molecule has 1 amide bonds. The SMILES string of the molecule is O=C([C@@H]1CCC[NH2+]C1)N1CCCCC1. The van der Waals surface area contributed by atoms with Gasteiger partial charge < -0.3 is 10.2 Å². The molecule has 2 aliphatic heterocycles. The lowest BCUT2D eigenvalue weighted by atomic mass is 9.97. The van der Waals surface area contributed by atoms with Gasteiger partial charge in [0.2, 0.25) is 5.91 Å². The second kappa shape index (κ2) is 4.78. The maximum absolute atomic E-state index is 12.1. The number of likely N-dealkylation sites (tertiary alicyclic amines) is 1. The van der Waals surface area contributed by atoms with Crippen LogP contribution >= 0.6 is 0 Å². The van der Waals surface area contributed by atoms with Gasteiger partial charge in [0.1, 0.15) is 0 Å². The van der Waals surface area contributed by atoms with Crippen LogP contribution in [0.3, 0.4) is 0 Å². The van der Waals surface area contributed by atoms with Gasteiger partial charge in [-0.05, 0) is 32.1 Å². The minimum Gasteiger partial charge on any atom is -0.346 e. The van der Waals surface area contributed by atoms with E-state index < -0.39 is 0 Å². The molecule has 2 saturated heterocycles. The van der Waals surface area contributed by atoms with E-state index >= 15 is 0 Å². The average Bonchev–Trinajstić information content (AvgIpc) is 2.30. The first-order valence-electron chi connectivity index (χ1n) is 5.98. The van der Waals surface area contributed by atoms with Gasteiger partial charge >= 0.3 is 0 Å². The highest BCUT2D eigenvalue weighted by molar-refractivity contribution is 5.79. The fraction of sp³-hybridized carbons (Fsp3) is 0.909. The van der Waals surface area contributed by atoms with Crippen molar-refractivity contribution in [2.24, 2.45) is 5.92 Å². The van der Waals surface area contributed by atoms with Gasteiger partial charge in [0, 0.05) is 13.1 Å². The van der Waals surface area contributed by atoms with E-state index in [9.17, 15) is 4.79 Å². The third kappa shape index (κ3) is 2.27. The molecule has 0 radical (unpaired) electrons. The number of hydrogen-bond donors (Lipinski definition) is 1. The molecule has 0 saturated carbocycles. The molecule has 2 fully saturated rings. The van der Waals surface area contributed by atoms with E-state index in [0.717, 1.165) is 26.1 Å². The molecule has 3 nitrogen and oxygen atoms in total. The van der Waals surface area contributed by atoms with Gasteiger partial charge in [-0.15, -0.1) is 0 Å². The van der Waals surface area contributed by atoms with Gasteiger partial charge in [-0.2, -0.15) is 0 Å². The molecule has 0 aromatic carbocycles. The maximum Gasteiger partial charge on any atom is 0.231 e. The van der Waals surface area contributed by atoms with Crippen LogP contribution in [0.15, 0.2) is 0 Å². The Hall–Kier alpha value is -0.570. The van der Waals surface area contributed by atoms with Crippen molar-refractivity contribution in [3.05, 3.63) is 0 Å². The topological polar surface area (TPSA) is 36.9 Å². The van der Waals surface area contributed by atoms with Crippen molar-refractivity contribution >= 4 is 5.91 Å². The lowest BCUT2D eigenvalue weighted by Gasteiger charge is -2.31. The number of carbonyl (C=O) groups is 1. The van der Waals surface area contributed by atoms with Crippen LogP contribution in [0, 0.1) is 5.92 Å². The van der Waals surface area contributed by atoms with E-state index in [1.54, 1.807) is 0 Å². The zero-order valence-corrected chi connectivity index (χ0v) is 8.87. The van der Waals surface area contributed by atoms with E-state index in [1.807, 2.05) is 0 Å². The first-order valence-corrected chi connectivity index (χ1v) is 5.98. The van der Waals surface area contributed by atoms with E-state index in [-0.39, 0.29) is 0 Å². The molecule has 2 aliphatic rings. The summed E-state index contributed by atoms with van der Waals surface area (Å²) in [6, 6.07) is 0. The second-order valence-corrected chi connectivity index (χ2v) is 4.54. The Balaban J connectivity index is 1.85. The summed E-state index contributed by atoms with van der Waals surface area (Å²) in [6.07, 6.45) is 6.06. The summed E-state index contributed by atoms with van der Waals surface area (Å²) in [5.41, 5.74) is 0. The number of piperidine rings is 2. The van der Waals surface area contributed by atoms with Crippen LogP contribution in [-0.2, 0) is 4.79 Å². The molecule has 0 aliphatic carbocycles. The summed E-state index contributed by atoms with van der Waals surface area (Å²) in [5.74, 6) is 0.752. The second-order valence-electron chi connectivity index (χ2n) is 4.54. The fourth-order valence-electron chi connectivity index (χ4n) is 2.54. The first-order chi connectivity index (χ1) is 6.88. The van der Waals surface area contributed by atoms with E-state index in [4.69, 9.17) is 0 Å². The number of nitrogens with zero attached hydrogens (tertiary/aromatic N) is 1. The molecule has 3 heteroatoms. The highest BCUT2D eigenvalue weighted by atomic mass is 16.2. The van der Waals surface area contributed by atoms with Crippen molar-refractivity contribution in [1.29, 1.82) is 0 Å². The van der Waals surface area contributed by atoms with E-state index in [1.165, 1.54) is 32.2 Å². The molecular weight excluding hydrogens is 176 g/mol. The van der Waals surface area contributed by atoms with Crippen LogP contribution in [-0.4, -0.2) is 37.0 Å². The normalized spacial score (nSPS) is 28.9. The summed E-state index contributed by atoms with van der Waals surface area (Å²) >= 11 is 0. The third-order valence-corrected chi connectivity index (χ3v) is 3.43. The lowest BCUT2D eigenvalue weighted by Crippen LogP contribution is -2.87. The number of carbonyl (C=O) groups excluding carboxylic acids is 1. The van der Waals surface area contributed by atoms with Gasteiger partial charge in [-0.3, -0.25) is 4.79 Å². The average molecular weight is 197 g/mol. The van der Waals surface area contributed by atoms with Crippen LogP contribution in [0.4, 0.5) is 0 Å². The van der Waals surface area contributed by atoms with Gasteiger partial charge in [0.15, 0.2) is 0 Å². The highest BCUT2D eigenvalue weighted by Gasteiger charge is 2.28. The van der Waals surface area contributed by atoms with Crippen LogP contribution in [0.2, 0.25) is 0 Å². The number of nitrogens with two attached hydrogens (primary N) is 1. The monoisotopic (exact) mass is 197 g/mol. The smallest absolute Gasteiger partial charge is 0.231 e. The lowest BCUT2D eigenvalue weighted by molar-refractivity contribution is -0.666. The van der Waals surface area contributed by atoms with Crippen molar-refractivity contribution in [2.75, 3.05) is 26.2 Å². The van der Waals surface area contributed by atoms with Gasteiger partial charge in [0.25, 0.3) is 0 Å². The van der Waals surface area contributed by atoms with Crippen LogP contribution in [0.1, 0.15) is 32.1 Å². The summed E-state index contributed by atoms with van der Waals surface area (Å²) in [6.45, 7) is 4.25. The maximum atomic E-state index is 12.1. The van der Waals surface area contributed by atoms with Crippen LogP contribution in [0.25, 0.3) is 0 Å². The number of hydrogen-bond acceptors (Lipinski definition) is 1. The minimum absolute atomic E-state index is 0.321. The molecule has 2 rings (SSSR count). The minimum atomic E-state index is 0.321. The molecule has 14 heavy (non-hydrogen) atoms. The third-order valence-electron chi connectivity index (χ3n) is 3.43. The number of amides is 1. The molecule has 2 N–H and O–H groups in total. The molecule has 1 atom stereocenters. The predicted octanol–water partition coefficient (Wildman–Crippen LogP) is -0.0277. The van der Waals surface area contributed by atoms with Crippen molar-refractivity contribution in [3.8, 4) is 0 Å². The van der Waals surface area contributed by atoms with Crippen molar-refractivity contribution in [1.82, 2.24) is 4.90 Å². The Bertz CT molecular complexity index is 173. The molecular formula is C11H21N2O+. The zero-order chi connectivity index (χ0) is 9.80. The Morgan fingerprint density at radius 3 is 2.57 bits per heavy atom. The molecule has 0 aromatic heterocycles. The van der Waals surface area contributed by atoms with E-state index in [0.29, 0.717) is 11.8 Å². The highest BCUT2D eigenvalue weighted by Crippen LogP contribution is 2.15. The van der Waals surface area contributed by atoms with E-state index in [2.05, 4.69) is 10.2 Å². The van der Waals surface area contributed by atoms with Crippen LogP contribution in [0.5, 0.6) is 0 Å². The molecule has 80 valence electrons. The summed E-state index contributed by atoms with van der Waals surface area (Å²) in [5, 5.41) is 2.29. The number of rotatable bonds is 1. The Morgan fingerprint density at radius 2 is 1.93 bits per heavy atom. The summed E-state index contributed by atoms with van der Waals surface area (Å²) < 4.78 is 0. The molecule has 0 spiro atoms. The fourth-order valence-corrected chi connectivity index (χ4v) is 2.54. The Kier molecular flexibility index (Phi) is 3.40. The molecule has 0 bridgehead atoms. The predicted molar refractivity (Wildman–Crippen MR) is 54.8 cm³/mol.